The van der Waals surface area contributed by atoms with Crippen molar-refractivity contribution in [2.24, 2.45) is 29.6 Å². The van der Waals surface area contributed by atoms with E-state index >= 15 is 0 Å². The molecule has 2 saturated carbocycles. The SMILES string of the molecule is Cc1ccc(N2C(=O)C3C4CC(C3C2=O)C2C(c3cccnc3)c3sc(=O)[nH]c3SC42)cc1. The fraction of sp³-hybridized carbons (Fsp3) is 0.360. The molecule has 3 fully saturated rings. The zero-order chi connectivity index (χ0) is 22.4. The molecule has 1 aromatic carbocycles. The lowest BCUT2D eigenvalue weighted by Gasteiger charge is -2.42. The van der Waals surface area contributed by atoms with Crippen LogP contribution in [0.4, 0.5) is 5.69 Å². The summed E-state index contributed by atoms with van der Waals surface area (Å²) in [4.78, 5) is 49.3. The summed E-state index contributed by atoms with van der Waals surface area (Å²) in [5.41, 5.74) is 2.85. The van der Waals surface area contributed by atoms with Crippen molar-refractivity contribution in [1.82, 2.24) is 9.97 Å². The minimum absolute atomic E-state index is 0.0242. The molecule has 0 radical (unpaired) electrons. The lowest BCUT2D eigenvalue weighted by atomic mass is 9.68. The fourth-order valence-corrected chi connectivity index (χ4v) is 9.79. The Morgan fingerprint density at radius 3 is 2.52 bits per heavy atom. The van der Waals surface area contributed by atoms with Gasteiger partial charge in [0.2, 0.25) is 11.8 Å². The number of nitrogens with one attached hydrogen (secondary N) is 1. The number of hydrogen-bond acceptors (Lipinski definition) is 6. The zero-order valence-corrected chi connectivity index (χ0v) is 19.4. The molecule has 2 bridgehead atoms. The summed E-state index contributed by atoms with van der Waals surface area (Å²) in [5, 5.41) is 1.13. The molecular weight excluding hydrogens is 454 g/mol. The number of imide groups is 1. The summed E-state index contributed by atoms with van der Waals surface area (Å²) >= 11 is 2.99. The second kappa shape index (κ2) is 6.90. The van der Waals surface area contributed by atoms with Crippen molar-refractivity contribution in [3.8, 4) is 0 Å². The highest BCUT2D eigenvalue weighted by Crippen LogP contribution is 2.68. The van der Waals surface area contributed by atoms with Crippen LogP contribution in [0.3, 0.4) is 0 Å². The molecule has 1 N–H and O–H groups in total. The maximum atomic E-state index is 13.7. The van der Waals surface area contributed by atoms with Gasteiger partial charge in [0.05, 0.1) is 22.5 Å². The molecule has 1 saturated heterocycles. The number of pyridine rings is 1. The maximum Gasteiger partial charge on any atom is 0.305 e. The van der Waals surface area contributed by atoms with Gasteiger partial charge in [-0.25, -0.2) is 0 Å². The number of aryl methyl sites for hydroxylation is 1. The van der Waals surface area contributed by atoms with Crippen molar-refractivity contribution in [1.29, 1.82) is 0 Å². The van der Waals surface area contributed by atoms with Crippen LogP contribution in [-0.2, 0) is 9.59 Å². The van der Waals surface area contributed by atoms with Gasteiger partial charge < -0.3 is 4.98 Å². The Morgan fingerprint density at radius 2 is 1.79 bits per heavy atom. The zero-order valence-electron chi connectivity index (χ0n) is 17.8. The molecule has 7 unspecified atom stereocenters. The van der Waals surface area contributed by atoms with E-state index in [2.05, 4.69) is 16.0 Å². The summed E-state index contributed by atoms with van der Waals surface area (Å²) in [6.07, 6.45) is 4.54. The monoisotopic (exact) mass is 475 g/mol. The number of carbonyl (C=O) groups excluding carboxylic acids is 2. The Balaban J connectivity index is 1.33. The van der Waals surface area contributed by atoms with E-state index in [1.54, 1.807) is 18.0 Å². The number of aromatic amines is 1. The van der Waals surface area contributed by atoms with Gasteiger partial charge in [-0.3, -0.25) is 24.3 Å². The number of rotatable bonds is 2. The highest BCUT2D eigenvalue weighted by Gasteiger charge is 2.69. The van der Waals surface area contributed by atoms with Gasteiger partial charge in [-0.15, -0.1) is 11.8 Å². The van der Waals surface area contributed by atoms with Crippen LogP contribution in [-0.4, -0.2) is 27.0 Å². The summed E-state index contributed by atoms with van der Waals surface area (Å²) in [7, 11) is 0. The van der Waals surface area contributed by atoms with Gasteiger partial charge in [0.25, 0.3) is 0 Å². The van der Waals surface area contributed by atoms with Crippen LogP contribution in [0.1, 0.15) is 28.3 Å². The third-order valence-corrected chi connectivity index (χ3v) is 10.6. The lowest BCUT2D eigenvalue weighted by Crippen LogP contribution is -2.42. The molecule has 2 aromatic heterocycles. The van der Waals surface area contributed by atoms with E-state index in [1.165, 1.54) is 16.2 Å². The van der Waals surface area contributed by atoms with Crippen LogP contribution in [0.25, 0.3) is 0 Å². The van der Waals surface area contributed by atoms with E-state index in [0.29, 0.717) is 5.69 Å². The molecule has 6 nitrogen and oxygen atoms in total. The van der Waals surface area contributed by atoms with Gasteiger partial charge in [-0.1, -0.05) is 35.1 Å². The number of fused-ring (bicyclic) bond motifs is 9. The number of amides is 2. The van der Waals surface area contributed by atoms with Crippen molar-refractivity contribution in [2.75, 3.05) is 4.90 Å². The molecule has 2 amide bonds. The lowest BCUT2D eigenvalue weighted by molar-refractivity contribution is -0.123. The van der Waals surface area contributed by atoms with Crippen LogP contribution >= 0.6 is 23.1 Å². The molecule has 33 heavy (non-hydrogen) atoms. The molecule has 2 aliphatic carbocycles. The highest BCUT2D eigenvalue weighted by atomic mass is 32.2. The summed E-state index contributed by atoms with van der Waals surface area (Å²) in [5.74, 6) is -0.153. The Hall–Kier alpha value is -2.71. The number of benzene rings is 1. The average molecular weight is 476 g/mol. The molecule has 7 rings (SSSR count). The second-order valence-electron chi connectivity index (χ2n) is 9.59. The fourth-order valence-electron chi connectivity index (χ4n) is 6.90. The smallest absolute Gasteiger partial charge is 0.305 e. The van der Waals surface area contributed by atoms with Gasteiger partial charge in [0, 0.05) is 28.4 Å². The highest BCUT2D eigenvalue weighted by molar-refractivity contribution is 8.00. The number of hydrogen-bond donors (Lipinski definition) is 1. The number of nitrogens with zero attached hydrogens (tertiary/aromatic N) is 2. The predicted molar refractivity (Wildman–Crippen MR) is 126 cm³/mol. The van der Waals surface area contributed by atoms with Gasteiger partial charge in [0.15, 0.2) is 0 Å². The first-order valence-electron chi connectivity index (χ1n) is 11.3. The van der Waals surface area contributed by atoms with Crippen molar-refractivity contribution in [3.05, 3.63) is 74.5 Å². The minimum Gasteiger partial charge on any atom is -0.307 e. The van der Waals surface area contributed by atoms with Crippen LogP contribution in [0, 0.1) is 36.5 Å². The molecule has 2 aliphatic heterocycles. The number of carbonyl (C=O) groups is 2. The van der Waals surface area contributed by atoms with E-state index in [4.69, 9.17) is 0 Å². The van der Waals surface area contributed by atoms with E-state index in [1.807, 2.05) is 43.5 Å². The van der Waals surface area contributed by atoms with Crippen LogP contribution in [0.5, 0.6) is 0 Å². The number of thiazole rings is 1. The Labute approximate surface area is 198 Å². The number of aromatic nitrogens is 2. The van der Waals surface area contributed by atoms with E-state index in [9.17, 15) is 14.4 Å². The molecule has 4 heterocycles. The van der Waals surface area contributed by atoms with Crippen LogP contribution in [0.15, 0.2) is 58.6 Å². The molecule has 8 heteroatoms. The van der Waals surface area contributed by atoms with E-state index in [-0.39, 0.29) is 57.4 Å². The normalized spacial score (nSPS) is 33.8. The number of anilines is 1. The van der Waals surface area contributed by atoms with Crippen LogP contribution < -0.4 is 9.77 Å². The Morgan fingerprint density at radius 1 is 1.03 bits per heavy atom. The van der Waals surface area contributed by atoms with Crippen molar-refractivity contribution >= 4 is 40.6 Å². The Kier molecular flexibility index (Phi) is 4.13. The molecule has 3 aromatic rings. The van der Waals surface area contributed by atoms with Gasteiger partial charge >= 0.3 is 4.87 Å². The largest absolute Gasteiger partial charge is 0.307 e. The topological polar surface area (TPSA) is 83.1 Å². The van der Waals surface area contributed by atoms with Crippen molar-refractivity contribution < 1.29 is 9.59 Å². The van der Waals surface area contributed by atoms with Crippen molar-refractivity contribution in [3.63, 3.8) is 0 Å². The number of H-pyrrole nitrogens is 1. The second-order valence-corrected chi connectivity index (χ2v) is 11.8. The van der Waals surface area contributed by atoms with Crippen LogP contribution in [0.2, 0.25) is 0 Å². The van der Waals surface area contributed by atoms with Gasteiger partial charge in [0.1, 0.15) is 0 Å². The van der Waals surface area contributed by atoms with E-state index in [0.717, 1.165) is 27.5 Å². The molecular formula is C25H21N3O3S2. The van der Waals surface area contributed by atoms with Crippen molar-refractivity contribution in [2.45, 2.75) is 29.5 Å². The van der Waals surface area contributed by atoms with Gasteiger partial charge in [-0.2, -0.15) is 0 Å². The van der Waals surface area contributed by atoms with E-state index < -0.39 is 0 Å². The summed E-state index contributed by atoms with van der Waals surface area (Å²) < 4.78 is 0. The first-order valence-corrected chi connectivity index (χ1v) is 13.0. The maximum absolute atomic E-state index is 13.7. The molecule has 0 spiro atoms. The standard InChI is InChI=1S/C25H21N3O3S2/c1-11-4-6-13(7-5-11)28-23(29)18-14-9-15(19(18)24(28)30)20-17(14)16(12-3-2-8-26-10-12)21-22(32-20)27-25(31)33-21/h2-8,10,14-20H,9H2,1H3,(H,27,31). The molecule has 4 aliphatic rings. The first-order chi connectivity index (χ1) is 16.0. The molecule has 7 atom stereocenters. The average Bonchev–Trinajstić information content (AvgIpc) is 3.54. The minimum atomic E-state index is -0.276. The third kappa shape index (κ3) is 2.62. The summed E-state index contributed by atoms with van der Waals surface area (Å²) in [6, 6.07) is 11.6. The number of thioether (sulfide) groups is 1. The predicted octanol–water partition coefficient (Wildman–Crippen LogP) is 3.82. The van der Waals surface area contributed by atoms with Gasteiger partial charge in [-0.05, 0) is 54.9 Å². The quantitative estimate of drug-likeness (QED) is 0.570. The Bertz CT molecular complexity index is 1350. The third-order valence-electron chi connectivity index (χ3n) is 8.06. The summed E-state index contributed by atoms with van der Waals surface area (Å²) in [6.45, 7) is 2.00. The first kappa shape index (κ1) is 19.7. The molecule has 166 valence electrons.